The van der Waals surface area contributed by atoms with E-state index in [0.29, 0.717) is 19.6 Å². The lowest BCUT2D eigenvalue weighted by Crippen LogP contribution is -2.39. The van der Waals surface area contributed by atoms with E-state index >= 15 is 0 Å². The lowest BCUT2D eigenvalue weighted by molar-refractivity contribution is 0.0231. The average molecular weight is 255 g/mol. The van der Waals surface area contributed by atoms with E-state index in [1.165, 1.54) is 5.56 Å². The highest BCUT2D eigenvalue weighted by Crippen LogP contribution is 2.17. The van der Waals surface area contributed by atoms with E-state index in [0.717, 1.165) is 5.69 Å². The third-order valence-electron chi connectivity index (χ3n) is 3.15. The molecule has 2 atom stereocenters. The number of methoxy groups -OCH3 is 1. The van der Waals surface area contributed by atoms with Crippen LogP contribution in [0.5, 0.6) is 0 Å². The molecule has 0 aliphatic heterocycles. The monoisotopic (exact) mass is 255 g/mol. The Morgan fingerprint density at radius 3 is 2.78 bits per heavy atom. The maximum absolute atomic E-state index is 10.2. The minimum atomic E-state index is -0.750. The van der Waals surface area contributed by atoms with Gasteiger partial charge in [-0.3, -0.25) is 4.68 Å². The molecule has 0 aromatic carbocycles. The van der Waals surface area contributed by atoms with Crippen LogP contribution in [0.4, 0.5) is 0 Å². The Kier molecular flexibility index (Phi) is 5.31. The Labute approximate surface area is 109 Å². The molecule has 0 saturated heterocycles. The Hall–Kier alpha value is -0.910. The molecule has 0 amide bonds. The fourth-order valence-electron chi connectivity index (χ4n) is 1.94. The van der Waals surface area contributed by atoms with Gasteiger partial charge in [0.2, 0.25) is 0 Å². The molecule has 5 heteroatoms. The Morgan fingerprint density at radius 1 is 1.61 bits per heavy atom. The maximum Gasteiger partial charge on any atom is 0.0765 e. The minimum absolute atomic E-state index is 0.174. The number of aromatic nitrogens is 2. The summed E-state index contributed by atoms with van der Waals surface area (Å²) in [6.45, 7) is 7.00. The summed E-state index contributed by atoms with van der Waals surface area (Å²) in [5.41, 5.74) is 1.44. The number of aliphatic hydroxyl groups is 1. The number of nitrogens with one attached hydrogen (secondary N) is 1. The van der Waals surface area contributed by atoms with E-state index in [9.17, 15) is 5.11 Å². The fourth-order valence-corrected chi connectivity index (χ4v) is 1.94. The van der Waals surface area contributed by atoms with Crippen molar-refractivity contribution in [3.05, 3.63) is 17.5 Å². The maximum atomic E-state index is 10.2. The molecule has 5 nitrogen and oxygen atoms in total. The number of rotatable bonds is 7. The lowest BCUT2D eigenvalue weighted by Gasteiger charge is -2.25. The van der Waals surface area contributed by atoms with Crippen LogP contribution in [0.15, 0.2) is 6.20 Å². The van der Waals surface area contributed by atoms with E-state index < -0.39 is 5.60 Å². The summed E-state index contributed by atoms with van der Waals surface area (Å²) in [6.07, 6.45) is 2.63. The van der Waals surface area contributed by atoms with Crippen molar-refractivity contribution in [3.8, 4) is 0 Å². The molecule has 0 radical (unpaired) electrons. The lowest BCUT2D eigenvalue weighted by atomic mass is 10.0. The van der Waals surface area contributed by atoms with Crippen LogP contribution >= 0.6 is 0 Å². The number of hydrogen-bond donors (Lipinski definition) is 2. The Bertz CT molecular complexity index is 374. The summed E-state index contributed by atoms with van der Waals surface area (Å²) in [5.74, 6) is 0. The molecule has 0 spiro atoms. The van der Waals surface area contributed by atoms with Crippen molar-refractivity contribution in [2.24, 2.45) is 7.05 Å². The molecule has 0 aliphatic rings. The largest absolute Gasteiger partial charge is 0.389 e. The zero-order chi connectivity index (χ0) is 13.8. The van der Waals surface area contributed by atoms with Crippen molar-refractivity contribution < 1.29 is 9.84 Å². The van der Waals surface area contributed by atoms with Gasteiger partial charge in [0, 0.05) is 51.5 Å². The second-order valence-corrected chi connectivity index (χ2v) is 5.19. The second kappa shape index (κ2) is 6.31. The molecule has 1 rings (SSSR count). The van der Waals surface area contributed by atoms with Gasteiger partial charge in [-0.15, -0.1) is 0 Å². The number of nitrogens with zero attached hydrogens (tertiary/aromatic N) is 2. The Balaban J connectivity index is 2.50. The summed E-state index contributed by atoms with van der Waals surface area (Å²) in [6, 6.07) is 0.174. The highest BCUT2D eigenvalue weighted by molar-refractivity contribution is 5.19. The van der Waals surface area contributed by atoms with Crippen LogP contribution in [0, 0.1) is 6.92 Å². The summed E-state index contributed by atoms with van der Waals surface area (Å²) >= 11 is 0. The van der Waals surface area contributed by atoms with Gasteiger partial charge in [-0.25, -0.2) is 0 Å². The van der Waals surface area contributed by atoms with Gasteiger partial charge in [0.15, 0.2) is 0 Å². The molecule has 104 valence electrons. The number of ether oxygens (including phenoxy) is 1. The predicted octanol–water partition coefficient (Wildman–Crippen LogP) is 1.17. The van der Waals surface area contributed by atoms with Crippen LogP contribution in [0.25, 0.3) is 0 Å². The van der Waals surface area contributed by atoms with Crippen molar-refractivity contribution in [1.29, 1.82) is 0 Å². The average Bonchev–Trinajstić information content (AvgIpc) is 2.63. The molecular weight excluding hydrogens is 230 g/mol. The minimum Gasteiger partial charge on any atom is -0.389 e. The summed E-state index contributed by atoms with van der Waals surface area (Å²) < 4.78 is 6.80. The zero-order valence-electron chi connectivity index (χ0n) is 12.0. The summed E-state index contributed by atoms with van der Waals surface area (Å²) in [4.78, 5) is 0. The molecule has 0 aliphatic carbocycles. The fraction of sp³-hybridized carbons (Fsp3) is 0.769. The van der Waals surface area contributed by atoms with Crippen molar-refractivity contribution in [2.75, 3.05) is 20.3 Å². The molecule has 1 aromatic rings. The first-order valence-corrected chi connectivity index (χ1v) is 6.30. The molecule has 2 N–H and O–H groups in total. The smallest absolute Gasteiger partial charge is 0.0765 e. The summed E-state index contributed by atoms with van der Waals surface area (Å²) in [7, 11) is 3.56. The number of aryl methyl sites for hydroxylation is 2. The molecule has 0 bridgehead atoms. The zero-order valence-corrected chi connectivity index (χ0v) is 12.0. The van der Waals surface area contributed by atoms with E-state index in [2.05, 4.69) is 17.3 Å². The third kappa shape index (κ3) is 4.40. The predicted molar refractivity (Wildman–Crippen MR) is 71.5 cm³/mol. The Morgan fingerprint density at radius 2 is 2.28 bits per heavy atom. The molecule has 2 unspecified atom stereocenters. The van der Waals surface area contributed by atoms with Gasteiger partial charge in [0.25, 0.3) is 0 Å². The van der Waals surface area contributed by atoms with Crippen molar-refractivity contribution in [1.82, 2.24) is 15.1 Å². The standard InChI is InChI=1S/C13H25N3O2/c1-10(12-8-16(4)15-11(12)2)14-9-13(3,17)6-7-18-5/h8,10,14,17H,6-7,9H2,1-5H3. The van der Waals surface area contributed by atoms with Gasteiger partial charge in [-0.05, 0) is 20.8 Å². The first-order valence-electron chi connectivity index (χ1n) is 6.30. The van der Waals surface area contributed by atoms with Crippen LogP contribution < -0.4 is 5.32 Å². The molecule has 1 aromatic heterocycles. The highest BCUT2D eigenvalue weighted by Gasteiger charge is 2.21. The SMILES string of the molecule is COCCC(C)(O)CNC(C)c1cn(C)nc1C. The van der Waals surface area contributed by atoms with E-state index in [1.54, 1.807) is 7.11 Å². The van der Waals surface area contributed by atoms with Gasteiger partial charge in [-0.1, -0.05) is 0 Å². The van der Waals surface area contributed by atoms with E-state index in [1.807, 2.05) is 31.8 Å². The van der Waals surface area contributed by atoms with Crippen molar-refractivity contribution in [2.45, 2.75) is 38.8 Å². The molecule has 0 fully saturated rings. The van der Waals surface area contributed by atoms with Gasteiger partial charge in [-0.2, -0.15) is 5.10 Å². The third-order valence-corrected chi connectivity index (χ3v) is 3.15. The normalized spacial score (nSPS) is 16.6. The number of hydrogen-bond acceptors (Lipinski definition) is 4. The highest BCUT2D eigenvalue weighted by atomic mass is 16.5. The molecular formula is C13H25N3O2. The van der Waals surface area contributed by atoms with E-state index in [-0.39, 0.29) is 6.04 Å². The molecule has 1 heterocycles. The summed E-state index contributed by atoms with van der Waals surface area (Å²) in [5, 5.41) is 17.8. The van der Waals surface area contributed by atoms with Crippen LogP contribution in [0.1, 0.15) is 37.6 Å². The van der Waals surface area contributed by atoms with Crippen LogP contribution in [-0.2, 0) is 11.8 Å². The van der Waals surface area contributed by atoms with Gasteiger partial charge >= 0.3 is 0 Å². The molecule has 18 heavy (non-hydrogen) atoms. The first kappa shape index (κ1) is 15.1. The van der Waals surface area contributed by atoms with Gasteiger partial charge in [0.1, 0.15) is 0 Å². The van der Waals surface area contributed by atoms with E-state index in [4.69, 9.17) is 4.74 Å². The van der Waals surface area contributed by atoms with Gasteiger partial charge in [0.05, 0.1) is 11.3 Å². The van der Waals surface area contributed by atoms with Crippen LogP contribution in [0.2, 0.25) is 0 Å². The first-order chi connectivity index (χ1) is 8.35. The quantitative estimate of drug-likeness (QED) is 0.768. The van der Waals surface area contributed by atoms with Crippen LogP contribution in [0.3, 0.4) is 0 Å². The second-order valence-electron chi connectivity index (χ2n) is 5.19. The van der Waals surface area contributed by atoms with Gasteiger partial charge < -0.3 is 15.2 Å². The van der Waals surface area contributed by atoms with Crippen LogP contribution in [-0.4, -0.2) is 40.7 Å². The topological polar surface area (TPSA) is 59.3 Å². The molecule has 0 saturated carbocycles. The van der Waals surface area contributed by atoms with Crippen molar-refractivity contribution >= 4 is 0 Å². The van der Waals surface area contributed by atoms with Crippen molar-refractivity contribution in [3.63, 3.8) is 0 Å².